The van der Waals surface area contributed by atoms with E-state index in [1.165, 1.54) is 7.11 Å². The van der Waals surface area contributed by atoms with E-state index in [2.05, 4.69) is 17.0 Å². The standard InChI is InChI=1S/C22H33NO5/c1-3-4-9-13-18(24)14-10-7-5-6-8-11-15-19-20(28-22(26)23-19)16-12-17-21(25)27-2/h5-8,10-11,14-15,18-20,24H,3-4,9,12-13,16-17H2,1-2H3,(H,23,26)/t18-,19-,20+/m1/s1. The topological polar surface area (TPSA) is 84.9 Å². The average molecular weight is 392 g/mol. The third-order valence-corrected chi connectivity index (χ3v) is 4.35. The van der Waals surface area contributed by atoms with E-state index in [9.17, 15) is 14.7 Å². The lowest BCUT2D eigenvalue weighted by molar-refractivity contribution is -0.140. The number of nitrogens with one attached hydrogen (secondary N) is 1. The molecule has 2 N–H and O–H groups in total. The molecule has 6 nitrogen and oxygen atoms in total. The maximum Gasteiger partial charge on any atom is 0.408 e. The zero-order chi connectivity index (χ0) is 20.6. The summed E-state index contributed by atoms with van der Waals surface area (Å²) in [4.78, 5) is 22.6. The first kappa shape index (κ1) is 23.7. The number of hydrogen-bond acceptors (Lipinski definition) is 5. The Balaban J connectivity index is 2.32. The molecular weight excluding hydrogens is 358 g/mol. The number of ether oxygens (including phenoxy) is 2. The van der Waals surface area contributed by atoms with Gasteiger partial charge in [-0.25, -0.2) is 4.79 Å². The van der Waals surface area contributed by atoms with Gasteiger partial charge in [0.2, 0.25) is 0 Å². The number of aliphatic hydroxyl groups is 1. The van der Waals surface area contributed by atoms with Crippen molar-refractivity contribution in [3.05, 3.63) is 48.6 Å². The van der Waals surface area contributed by atoms with Crippen molar-refractivity contribution in [2.45, 2.75) is 70.1 Å². The van der Waals surface area contributed by atoms with Crippen molar-refractivity contribution < 1.29 is 24.2 Å². The van der Waals surface area contributed by atoms with Crippen LogP contribution in [0.1, 0.15) is 51.9 Å². The Labute approximate surface area is 168 Å². The second-order valence-electron chi connectivity index (χ2n) is 6.68. The lowest BCUT2D eigenvalue weighted by atomic mass is 10.0. The molecule has 1 fully saturated rings. The lowest BCUT2D eigenvalue weighted by Crippen LogP contribution is -2.29. The number of esters is 1. The molecule has 0 aromatic rings. The van der Waals surface area contributed by atoms with Crippen molar-refractivity contribution in [2.75, 3.05) is 7.11 Å². The number of rotatable bonds is 13. The SMILES string of the molecule is CCCCC[C@@H](O)C=CC=CC=CC=C[C@H]1NC(=O)O[C@H]1CCCC(=O)OC. The summed E-state index contributed by atoms with van der Waals surface area (Å²) in [6.45, 7) is 2.14. The predicted molar refractivity (Wildman–Crippen MR) is 110 cm³/mol. The molecule has 0 saturated carbocycles. The molecule has 0 aliphatic carbocycles. The number of alkyl carbamates (subject to hydrolysis) is 1. The highest BCUT2D eigenvalue weighted by Crippen LogP contribution is 2.16. The molecule has 0 unspecified atom stereocenters. The second kappa shape index (κ2) is 14.7. The maximum absolute atomic E-state index is 11.4. The Bertz CT molecular complexity index is 579. The average Bonchev–Trinajstić information content (AvgIpc) is 3.03. The minimum Gasteiger partial charge on any atom is -0.469 e. The van der Waals surface area contributed by atoms with Gasteiger partial charge in [-0.05, 0) is 19.3 Å². The summed E-state index contributed by atoms with van der Waals surface area (Å²) in [6, 6.07) is -0.211. The van der Waals surface area contributed by atoms with Crippen molar-refractivity contribution in [1.82, 2.24) is 5.32 Å². The molecule has 1 aliphatic rings. The lowest BCUT2D eigenvalue weighted by Gasteiger charge is -2.12. The zero-order valence-corrected chi connectivity index (χ0v) is 16.9. The van der Waals surface area contributed by atoms with Gasteiger partial charge in [0.25, 0.3) is 0 Å². The predicted octanol–water partition coefficient (Wildman–Crippen LogP) is 3.97. The largest absolute Gasteiger partial charge is 0.469 e. The number of hydrogen-bond donors (Lipinski definition) is 2. The Hall–Kier alpha value is -2.34. The fourth-order valence-electron chi connectivity index (χ4n) is 2.77. The van der Waals surface area contributed by atoms with Crippen molar-refractivity contribution >= 4 is 12.1 Å². The third-order valence-electron chi connectivity index (χ3n) is 4.35. The van der Waals surface area contributed by atoms with E-state index in [4.69, 9.17) is 4.74 Å². The fourth-order valence-corrected chi connectivity index (χ4v) is 2.77. The van der Waals surface area contributed by atoms with Gasteiger partial charge in [-0.1, -0.05) is 74.8 Å². The molecule has 28 heavy (non-hydrogen) atoms. The molecule has 0 radical (unpaired) electrons. The summed E-state index contributed by atoms with van der Waals surface area (Å²) in [5.74, 6) is -0.262. The van der Waals surface area contributed by atoms with Gasteiger partial charge < -0.3 is 19.9 Å². The fraction of sp³-hybridized carbons (Fsp3) is 0.545. The molecular formula is C22H33NO5. The van der Waals surface area contributed by atoms with Crippen LogP contribution in [-0.4, -0.2) is 42.5 Å². The van der Waals surface area contributed by atoms with Crippen molar-refractivity contribution in [3.8, 4) is 0 Å². The van der Waals surface area contributed by atoms with Gasteiger partial charge in [-0.15, -0.1) is 0 Å². The van der Waals surface area contributed by atoms with Crippen LogP contribution in [0.3, 0.4) is 0 Å². The van der Waals surface area contributed by atoms with Gasteiger partial charge in [0.1, 0.15) is 6.10 Å². The Morgan fingerprint density at radius 1 is 1.18 bits per heavy atom. The van der Waals surface area contributed by atoms with Crippen LogP contribution in [0.15, 0.2) is 48.6 Å². The van der Waals surface area contributed by atoms with Gasteiger partial charge in [0.05, 0.1) is 19.3 Å². The van der Waals surface area contributed by atoms with Crippen LogP contribution >= 0.6 is 0 Å². The summed E-state index contributed by atoms with van der Waals surface area (Å²) in [5, 5.41) is 12.5. The third kappa shape index (κ3) is 10.7. The van der Waals surface area contributed by atoms with E-state index < -0.39 is 6.09 Å². The van der Waals surface area contributed by atoms with Crippen LogP contribution in [0.5, 0.6) is 0 Å². The number of amides is 1. The zero-order valence-electron chi connectivity index (χ0n) is 16.9. The highest BCUT2D eigenvalue weighted by Gasteiger charge is 2.31. The van der Waals surface area contributed by atoms with E-state index in [0.29, 0.717) is 19.3 Å². The monoisotopic (exact) mass is 391 g/mol. The van der Waals surface area contributed by atoms with E-state index in [0.717, 1.165) is 25.7 Å². The van der Waals surface area contributed by atoms with Crippen LogP contribution < -0.4 is 5.32 Å². The number of methoxy groups -OCH3 is 1. The summed E-state index contributed by atoms with van der Waals surface area (Å²) in [6.07, 6.45) is 19.4. The van der Waals surface area contributed by atoms with Crippen LogP contribution in [0.2, 0.25) is 0 Å². The van der Waals surface area contributed by atoms with Crippen LogP contribution in [0.25, 0.3) is 0 Å². The number of cyclic esters (lactones) is 1. The maximum atomic E-state index is 11.4. The van der Waals surface area contributed by atoms with Crippen molar-refractivity contribution in [3.63, 3.8) is 0 Å². The molecule has 3 atom stereocenters. The van der Waals surface area contributed by atoms with Crippen molar-refractivity contribution in [2.24, 2.45) is 0 Å². The Morgan fingerprint density at radius 2 is 1.89 bits per heavy atom. The normalized spacial score (nSPS) is 21.0. The molecule has 0 aromatic heterocycles. The van der Waals surface area contributed by atoms with E-state index in [1.54, 1.807) is 6.08 Å². The summed E-state index contributed by atoms with van der Waals surface area (Å²) in [7, 11) is 1.36. The Morgan fingerprint density at radius 3 is 2.61 bits per heavy atom. The number of allylic oxidation sites excluding steroid dienone is 6. The Kier molecular flexibility index (Phi) is 12.4. The van der Waals surface area contributed by atoms with Crippen LogP contribution in [0.4, 0.5) is 4.79 Å². The first-order valence-electron chi connectivity index (χ1n) is 9.97. The highest BCUT2D eigenvalue weighted by molar-refractivity contribution is 5.71. The molecule has 1 rings (SSSR count). The van der Waals surface area contributed by atoms with E-state index in [-0.39, 0.29) is 24.2 Å². The molecule has 0 spiro atoms. The minimum absolute atomic E-state index is 0.211. The van der Waals surface area contributed by atoms with Gasteiger partial charge in [0.15, 0.2) is 0 Å². The minimum atomic E-state index is -0.441. The van der Waals surface area contributed by atoms with Gasteiger partial charge in [0, 0.05) is 6.42 Å². The molecule has 156 valence electrons. The quantitative estimate of drug-likeness (QED) is 0.282. The first-order chi connectivity index (χ1) is 13.6. The number of carbonyl (C=O) groups is 2. The molecule has 0 bridgehead atoms. The number of carbonyl (C=O) groups excluding carboxylic acids is 2. The summed E-state index contributed by atoms with van der Waals surface area (Å²) >= 11 is 0. The van der Waals surface area contributed by atoms with Crippen molar-refractivity contribution in [1.29, 1.82) is 0 Å². The molecule has 1 amide bonds. The molecule has 6 heteroatoms. The van der Waals surface area contributed by atoms with E-state index in [1.807, 2.05) is 42.5 Å². The number of aliphatic hydroxyl groups excluding tert-OH is 1. The molecule has 0 aromatic carbocycles. The summed E-state index contributed by atoms with van der Waals surface area (Å²) < 4.78 is 9.84. The van der Waals surface area contributed by atoms with E-state index >= 15 is 0 Å². The molecule has 1 saturated heterocycles. The first-order valence-corrected chi connectivity index (χ1v) is 9.97. The highest BCUT2D eigenvalue weighted by atomic mass is 16.6. The smallest absolute Gasteiger partial charge is 0.408 e. The second-order valence-corrected chi connectivity index (χ2v) is 6.68. The number of unbranched alkanes of at least 4 members (excludes halogenated alkanes) is 2. The summed E-state index contributed by atoms with van der Waals surface area (Å²) in [5.41, 5.74) is 0. The van der Waals surface area contributed by atoms with Gasteiger partial charge in [-0.3, -0.25) is 4.79 Å². The van der Waals surface area contributed by atoms with Crippen LogP contribution in [-0.2, 0) is 14.3 Å². The molecule has 1 heterocycles. The van der Waals surface area contributed by atoms with Gasteiger partial charge in [-0.2, -0.15) is 0 Å². The van der Waals surface area contributed by atoms with Gasteiger partial charge >= 0.3 is 12.1 Å². The molecule has 1 aliphatic heterocycles. The van der Waals surface area contributed by atoms with Crippen LogP contribution in [0, 0.1) is 0 Å².